The number of nitrogens with two attached hydrogens (primary N) is 1. The second kappa shape index (κ2) is 5.35. The number of urea groups is 1. The van der Waals surface area contributed by atoms with Crippen LogP contribution in [0.5, 0.6) is 0 Å². The van der Waals surface area contributed by atoms with Gasteiger partial charge in [0.2, 0.25) is 0 Å². The van der Waals surface area contributed by atoms with Crippen LogP contribution in [0.15, 0.2) is 0 Å². The molecule has 0 radical (unpaired) electrons. The highest BCUT2D eigenvalue weighted by Crippen LogP contribution is 2.22. The van der Waals surface area contributed by atoms with E-state index in [1.807, 2.05) is 18.7 Å². The number of rotatable bonds is 2. The Balaban J connectivity index is 2.43. The summed E-state index contributed by atoms with van der Waals surface area (Å²) >= 11 is 0. The average molecular weight is 213 g/mol. The van der Waals surface area contributed by atoms with Crippen molar-refractivity contribution in [2.75, 3.05) is 19.6 Å². The maximum atomic E-state index is 11.7. The number of piperidine rings is 1. The van der Waals surface area contributed by atoms with Gasteiger partial charge in [-0.2, -0.15) is 0 Å². The van der Waals surface area contributed by atoms with Crippen molar-refractivity contribution in [3.05, 3.63) is 0 Å². The first-order valence-electron chi connectivity index (χ1n) is 5.80. The smallest absolute Gasteiger partial charge is 0.317 e. The van der Waals surface area contributed by atoms with Crippen molar-refractivity contribution in [3.63, 3.8) is 0 Å². The maximum absolute atomic E-state index is 11.7. The van der Waals surface area contributed by atoms with Crippen molar-refractivity contribution in [2.45, 2.75) is 33.2 Å². The van der Waals surface area contributed by atoms with Crippen LogP contribution < -0.4 is 11.1 Å². The minimum atomic E-state index is 0.0623. The van der Waals surface area contributed by atoms with Gasteiger partial charge in [0, 0.05) is 19.1 Å². The molecule has 2 atom stereocenters. The lowest BCUT2D eigenvalue weighted by molar-refractivity contribution is 0.139. The average Bonchev–Trinajstić information content (AvgIpc) is 2.16. The molecule has 15 heavy (non-hydrogen) atoms. The van der Waals surface area contributed by atoms with E-state index in [1.54, 1.807) is 0 Å². The van der Waals surface area contributed by atoms with Crippen molar-refractivity contribution >= 4 is 6.03 Å². The lowest BCUT2D eigenvalue weighted by atomic mass is 9.87. The second-order valence-corrected chi connectivity index (χ2v) is 4.81. The van der Waals surface area contributed by atoms with Gasteiger partial charge in [-0.1, -0.05) is 6.92 Å². The quantitative estimate of drug-likeness (QED) is 0.719. The predicted molar refractivity (Wildman–Crippen MR) is 61.6 cm³/mol. The molecule has 0 spiro atoms. The third-order valence-electron chi connectivity index (χ3n) is 3.09. The topological polar surface area (TPSA) is 58.4 Å². The Bertz CT molecular complexity index is 218. The molecule has 1 saturated heterocycles. The molecule has 4 heteroatoms. The highest BCUT2D eigenvalue weighted by molar-refractivity contribution is 5.74. The lowest BCUT2D eigenvalue weighted by Crippen LogP contribution is -2.50. The van der Waals surface area contributed by atoms with E-state index in [9.17, 15) is 4.79 Å². The van der Waals surface area contributed by atoms with Gasteiger partial charge in [-0.3, -0.25) is 0 Å². The van der Waals surface area contributed by atoms with E-state index in [0.29, 0.717) is 11.8 Å². The Morgan fingerprint density at radius 2 is 2.27 bits per heavy atom. The monoisotopic (exact) mass is 213 g/mol. The molecule has 0 aliphatic carbocycles. The van der Waals surface area contributed by atoms with E-state index in [-0.39, 0.29) is 12.1 Å². The first kappa shape index (κ1) is 12.3. The summed E-state index contributed by atoms with van der Waals surface area (Å²) in [5.41, 5.74) is 5.68. The molecule has 4 nitrogen and oxygen atoms in total. The molecule has 1 fully saturated rings. The van der Waals surface area contributed by atoms with E-state index >= 15 is 0 Å². The summed E-state index contributed by atoms with van der Waals surface area (Å²) in [7, 11) is 0. The van der Waals surface area contributed by atoms with Crippen LogP contribution in [0.4, 0.5) is 4.79 Å². The van der Waals surface area contributed by atoms with Gasteiger partial charge in [0.25, 0.3) is 0 Å². The van der Waals surface area contributed by atoms with Gasteiger partial charge in [-0.25, -0.2) is 4.79 Å². The SMILES string of the molecule is CC(C)NC(=O)N1CCC(CN)C(C)C1. The highest BCUT2D eigenvalue weighted by atomic mass is 16.2. The Labute approximate surface area is 92.2 Å². The van der Waals surface area contributed by atoms with Crippen molar-refractivity contribution < 1.29 is 4.79 Å². The zero-order valence-corrected chi connectivity index (χ0v) is 9.99. The van der Waals surface area contributed by atoms with Crippen LogP contribution in [0, 0.1) is 11.8 Å². The summed E-state index contributed by atoms with van der Waals surface area (Å²) in [5, 5.41) is 2.92. The Morgan fingerprint density at radius 3 is 2.73 bits per heavy atom. The molecule has 1 heterocycles. The summed E-state index contributed by atoms with van der Waals surface area (Å²) < 4.78 is 0. The molecule has 2 amide bonds. The van der Waals surface area contributed by atoms with Crippen LogP contribution in [-0.2, 0) is 0 Å². The molecule has 1 rings (SSSR count). The number of hydrogen-bond acceptors (Lipinski definition) is 2. The number of nitrogens with one attached hydrogen (secondary N) is 1. The summed E-state index contributed by atoms with van der Waals surface area (Å²) in [6.45, 7) is 8.54. The van der Waals surface area contributed by atoms with Crippen molar-refractivity contribution in [1.29, 1.82) is 0 Å². The zero-order valence-electron chi connectivity index (χ0n) is 9.99. The minimum absolute atomic E-state index is 0.0623. The summed E-state index contributed by atoms with van der Waals surface area (Å²) in [4.78, 5) is 13.6. The van der Waals surface area contributed by atoms with Gasteiger partial charge in [0.1, 0.15) is 0 Å². The van der Waals surface area contributed by atoms with Crippen LogP contribution in [0.3, 0.4) is 0 Å². The molecule has 0 saturated carbocycles. The molecule has 3 N–H and O–H groups in total. The molecule has 88 valence electrons. The largest absolute Gasteiger partial charge is 0.336 e. The molecule has 0 bridgehead atoms. The lowest BCUT2D eigenvalue weighted by Gasteiger charge is -2.36. The number of amides is 2. The third kappa shape index (κ3) is 3.38. The van der Waals surface area contributed by atoms with Crippen molar-refractivity contribution in [1.82, 2.24) is 10.2 Å². The van der Waals surface area contributed by atoms with Crippen molar-refractivity contribution in [2.24, 2.45) is 17.6 Å². The number of likely N-dealkylation sites (tertiary alicyclic amines) is 1. The van der Waals surface area contributed by atoms with E-state index < -0.39 is 0 Å². The zero-order chi connectivity index (χ0) is 11.4. The Hall–Kier alpha value is -0.770. The first-order valence-corrected chi connectivity index (χ1v) is 5.80. The Kier molecular flexibility index (Phi) is 4.39. The second-order valence-electron chi connectivity index (χ2n) is 4.81. The van der Waals surface area contributed by atoms with Crippen LogP contribution >= 0.6 is 0 Å². The van der Waals surface area contributed by atoms with Crippen LogP contribution in [-0.4, -0.2) is 36.6 Å². The van der Waals surface area contributed by atoms with Gasteiger partial charge < -0.3 is 16.0 Å². The van der Waals surface area contributed by atoms with Gasteiger partial charge in [-0.15, -0.1) is 0 Å². The normalized spacial score (nSPS) is 26.9. The van der Waals surface area contributed by atoms with E-state index in [2.05, 4.69) is 12.2 Å². The fourth-order valence-electron chi connectivity index (χ4n) is 2.07. The van der Waals surface area contributed by atoms with Crippen molar-refractivity contribution in [3.8, 4) is 0 Å². The number of nitrogens with zero attached hydrogens (tertiary/aromatic N) is 1. The highest BCUT2D eigenvalue weighted by Gasteiger charge is 2.27. The number of carbonyl (C=O) groups excluding carboxylic acids is 1. The van der Waals surface area contributed by atoms with Gasteiger partial charge in [-0.05, 0) is 38.6 Å². The standard InChI is InChI=1S/C11H23N3O/c1-8(2)13-11(15)14-5-4-10(6-12)9(3)7-14/h8-10H,4-7,12H2,1-3H3,(H,13,15). The molecular weight excluding hydrogens is 190 g/mol. The fourth-order valence-corrected chi connectivity index (χ4v) is 2.07. The summed E-state index contributed by atoms with van der Waals surface area (Å²) in [6.07, 6.45) is 1.03. The van der Waals surface area contributed by atoms with Crippen LogP contribution in [0.1, 0.15) is 27.2 Å². The molecule has 0 aromatic carbocycles. The fraction of sp³-hybridized carbons (Fsp3) is 0.909. The van der Waals surface area contributed by atoms with Gasteiger partial charge in [0.05, 0.1) is 0 Å². The predicted octanol–water partition coefficient (Wildman–Crippen LogP) is 1.02. The van der Waals surface area contributed by atoms with E-state index in [1.165, 1.54) is 0 Å². The molecular formula is C11H23N3O. The molecule has 0 aromatic rings. The Morgan fingerprint density at radius 1 is 1.60 bits per heavy atom. The van der Waals surface area contributed by atoms with E-state index in [0.717, 1.165) is 26.1 Å². The van der Waals surface area contributed by atoms with Gasteiger partial charge in [0.15, 0.2) is 0 Å². The third-order valence-corrected chi connectivity index (χ3v) is 3.09. The van der Waals surface area contributed by atoms with Gasteiger partial charge >= 0.3 is 6.03 Å². The number of hydrogen-bond donors (Lipinski definition) is 2. The minimum Gasteiger partial charge on any atom is -0.336 e. The first-order chi connectivity index (χ1) is 7.04. The van der Waals surface area contributed by atoms with Crippen LogP contribution in [0.2, 0.25) is 0 Å². The molecule has 0 aromatic heterocycles. The molecule has 2 unspecified atom stereocenters. The molecule has 1 aliphatic heterocycles. The maximum Gasteiger partial charge on any atom is 0.317 e. The van der Waals surface area contributed by atoms with Crippen LogP contribution in [0.25, 0.3) is 0 Å². The van der Waals surface area contributed by atoms with E-state index in [4.69, 9.17) is 5.73 Å². The summed E-state index contributed by atoms with van der Waals surface area (Å²) in [6, 6.07) is 0.271. The summed E-state index contributed by atoms with van der Waals surface area (Å²) in [5.74, 6) is 1.09. The number of carbonyl (C=O) groups is 1. The molecule has 1 aliphatic rings.